The Morgan fingerprint density at radius 1 is 1.46 bits per heavy atom. The van der Waals surface area contributed by atoms with E-state index in [2.05, 4.69) is 4.74 Å². The monoisotopic (exact) mass is 208 g/mol. The van der Waals surface area contributed by atoms with Crippen LogP contribution in [-0.4, -0.2) is 42.0 Å². The van der Waals surface area contributed by atoms with Crippen LogP contribution >= 0.6 is 0 Å². The zero-order chi connectivity index (χ0) is 10.1. The molecule has 0 aliphatic carbocycles. The Kier molecular flexibility index (Phi) is 7.93. The van der Waals surface area contributed by atoms with Crippen molar-refractivity contribution in [3.63, 3.8) is 0 Å². The minimum absolute atomic E-state index is 0.00243. The summed E-state index contributed by atoms with van der Waals surface area (Å²) in [5, 5.41) is 0. The summed E-state index contributed by atoms with van der Waals surface area (Å²) < 4.78 is 20.6. The first-order valence-corrected chi connectivity index (χ1v) is 5.69. The van der Waals surface area contributed by atoms with E-state index in [0.29, 0.717) is 25.4 Å². The van der Waals surface area contributed by atoms with Gasteiger partial charge in [0.1, 0.15) is 5.75 Å². The van der Waals surface area contributed by atoms with Gasteiger partial charge in [-0.2, -0.15) is 0 Å². The Hall–Kier alpha value is -0.420. The van der Waals surface area contributed by atoms with Gasteiger partial charge in [-0.05, 0) is 13.3 Å². The molecule has 0 rings (SSSR count). The molecule has 0 heterocycles. The summed E-state index contributed by atoms with van der Waals surface area (Å²) in [4.78, 5) is 10.8. The summed E-state index contributed by atoms with van der Waals surface area (Å²) in [7, 11) is 0.484. The molecule has 0 aromatic heterocycles. The number of carbonyl (C=O) groups excluding carboxylic acids is 1. The van der Waals surface area contributed by atoms with Crippen LogP contribution in [0.1, 0.15) is 13.3 Å². The molecular weight excluding hydrogens is 192 g/mol. The second-order valence-corrected chi connectivity index (χ2v) is 4.02. The van der Waals surface area contributed by atoms with Gasteiger partial charge in [0, 0.05) is 30.3 Å². The molecular formula is C8H16O4S. The average molecular weight is 208 g/mol. The van der Waals surface area contributed by atoms with Crippen molar-refractivity contribution in [1.29, 1.82) is 0 Å². The maximum absolute atomic E-state index is 11.2. The SMILES string of the molecule is CCOC(=O)CS(=O)CCCOC. The number of rotatable bonds is 7. The van der Waals surface area contributed by atoms with Crippen molar-refractivity contribution in [3.8, 4) is 0 Å². The molecule has 78 valence electrons. The van der Waals surface area contributed by atoms with Crippen LogP contribution in [0.3, 0.4) is 0 Å². The predicted octanol–water partition coefficient (Wildman–Crippen LogP) is 0.335. The highest BCUT2D eigenvalue weighted by Gasteiger charge is 2.07. The van der Waals surface area contributed by atoms with Crippen molar-refractivity contribution in [2.24, 2.45) is 0 Å². The molecule has 0 spiro atoms. The van der Waals surface area contributed by atoms with E-state index in [1.165, 1.54) is 0 Å². The van der Waals surface area contributed by atoms with Gasteiger partial charge in [-0.25, -0.2) is 0 Å². The van der Waals surface area contributed by atoms with Crippen LogP contribution in [0.2, 0.25) is 0 Å². The second-order valence-electron chi connectivity index (χ2n) is 2.44. The zero-order valence-corrected chi connectivity index (χ0v) is 8.89. The van der Waals surface area contributed by atoms with E-state index >= 15 is 0 Å². The summed E-state index contributed by atoms with van der Waals surface area (Å²) in [6.07, 6.45) is 0.711. The molecule has 5 heteroatoms. The van der Waals surface area contributed by atoms with Crippen molar-refractivity contribution in [3.05, 3.63) is 0 Å². The maximum Gasteiger partial charge on any atom is 0.318 e. The molecule has 0 N–H and O–H groups in total. The Bertz CT molecular complexity index is 170. The van der Waals surface area contributed by atoms with E-state index in [1.54, 1.807) is 14.0 Å². The van der Waals surface area contributed by atoms with E-state index in [9.17, 15) is 9.00 Å². The van der Waals surface area contributed by atoms with Crippen molar-refractivity contribution in [1.82, 2.24) is 0 Å². The van der Waals surface area contributed by atoms with Gasteiger partial charge in [0.15, 0.2) is 0 Å². The van der Waals surface area contributed by atoms with Crippen LogP contribution in [0, 0.1) is 0 Å². The summed E-state index contributed by atoms with van der Waals surface area (Å²) in [6, 6.07) is 0. The van der Waals surface area contributed by atoms with Crippen LogP contribution < -0.4 is 0 Å². The molecule has 0 amide bonds. The lowest BCUT2D eigenvalue weighted by atomic mass is 10.5. The highest BCUT2D eigenvalue weighted by molar-refractivity contribution is 7.85. The fourth-order valence-electron chi connectivity index (χ4n) is 0.771. The number of carbonyl (C=O) groups is 1. The third kappa shape index (κ3) is 7.93. The number of esters is 1. The standard InChI is InChI=1S/C8H16O4S/c1-3-12-8(9)7-13(10)6-4-5-11-2/h3-7H2,1-2H3. The van der Waals surface area contributed by atoms with E-state index in [0.717, 1.165) is 0 Å². The zero-order valence-electron chi connectivity index (χ0n) is 8.08. The molecule has 4 nitrogen and oxygen atoms in total. The summed E-state index contributed by atoms with van der Waals surface area (Å²) in [5.74, 6) is 0.0998. The van der Waals surface area contributed by atoms with Crippen LogP contribution in [0.15, 0.2) is 0 Å². The fourth-order valence-corrected chi connectivity index (χ4v) is 1.70. The van der Waals surface area contributed by atoms with E-state index in [4.69, 9.17) is 4.74 Å². The highest BCUT2D eigenvalue weighted by atomic mass is 32.2. The Morgan fingerprint density at radius 3 is 2.69 bits per heavy atom. The highest BCUT2D eigenvalue weighted by Crippen LogP contribution is 1.90. The number of hydrogen-bond donors (Lipinski definition) is 0. The van der Waals surface area contributed by atoms with Crippen LogP contribution in [0.25, 0.3) is 0 Å². The van der Waals surface area contributed by atoms with E-state index < -0.39 is 16.8 Å². The third-order valence-corrected chi connectivity index (χ3v) is 2.61. The third-order valence-electron chi connectivity index (χ3n) is 1.30. The molecule has 0 aliphatic heterocycles. The lowest BCUT2D eigenvalue weighted by Gasteiger charge is -2.01. The summed E-state index contributed by atoms with van der Waals surface area (Å²) in [5.41, 5.74) is 0. The second kappa shape index (κ2) is 8.19. The van der Waals surface area contributed by atoms with Gasteiger partial charge in [0.2, 0.25) is 0 Å². The molecule has 0 fully saturated rings. The topological polar surface area (TPSA) is 52.6 Å². The first-order valence-electron chi connectivity index (χ1n) is 4.20. The predicted molar refractivity (Wildman–Crippen MR) is 51.0 cm³/mol. The van der Waals surface area contributed by atoms with Gasteiger partial charge >= 0.3 is 5.97 Å². The summed E-state index contributed by atoms with van der Waals surface area (Å²) in [6.45, 7) is 2.65. The lowest BCUT2D eigenvalue weighted by molar-refractivity contribution is -0.139. The molecule has 0 aromatic carbocycles. The molecule has 1 unspecified atom stereocenters. The van der Waals surface area contributed by atoms with Gasteiger partial charge in [-0.15, -0.1) is 0 Å². The van der Waals surface area contributed by atoms with Crippen LogP contribution in [0.5, 0.6) is 0 Å². The smallest absolute Gasteiger partial charge is 0.318 e. The largest absolute Gasteiger partial charge is 0.465 e. The minimum atomic E-state index is -1.11. The molecule has 0 saturated heterocycles. The van der Waals surface area contributed by atoms with Crippen molar-refractivity contribution in [2.45, 2.75) is 13.3 Å². The van der Waals surface area contributed by atoms with Crippen LogP contribution in [-0.2, 0) is 25.1 Å². The minimum Gasteiger partial charge on any atom is -0.465 e. The van der Waals surface area contributed by atoms with Crippen molar-refractivity contribution in [2.75, 3.05) is 31.8 Å². The molecule has 0 aliphatic rings. The molecule has 1 atom stereocenters. The molecule has 0 aromatic rings. The number of ether oxygens (including phenoxy) is 2. The number of methoxy groups -OCH3 is 1. The van der Waals surface area contributed by atoms with Gasteiger partial charge < -0.3 is 9.47 Å². The van der Waals surface area contributed by atoms with Gasteiger partial charge in [-0.1, -0.05) is 0 Å². The molecule has 13 heavy (non-hydrogen) atoms. The quantitative estimate of drug-likeness (QED) is 0.447. The Balaban J connectivity index is 3.44. The van der Waals surface area contributed by atoms with E-state index in [-0.39, 0.29) is 5.75 Å². The van der Waals surface area contributed by atoms with Gasteiger partial charge in [0.05, 0.1) is 6.61 Å². The normalized spacial score (nSPS) is 12.5. The lowest BCUT2D eigenvalue weighted by Crippen LogP contribution is -2.16. The Morgan fingerprint density at radius 2 is 2.15 bits per heavy atom. The first-order chi connectivity index (χ1) is 6.20. The molecule has 0 saturated carbocycles. The van der Waals surface area contributed by atoms with Gasteiger partial charge in [-0.3, -0.25) is 9.00 Å². The Labute approximate surface area is 81.1 Å². The fraction of sp³-hybridized carbons (Fsp3) is 0.875. The average Bonchev–Trinajstić information content (AvgIpc) is 2.05. The van der Waals surface area contributed by atoms with Crippen molar-refractivity contribution >= 4 is 16.8 Å². The van der Waals surface area contributed by atoms with Crippen LogP contribution in [0.4, 0.5) is 0 Å². The van der Waals surface area contributed by atoms with Crippen molar-refractivity contribution < 1.29 is 18.5 Å². The number of hydrogen-bond acceptors (Lipinski definition) is 4. The van der Waals surface area contributed by atoms with E-state index in [1.807, 2.05) is 0 Å². The first kappa shape index (κ1) is 12.6. The summed E-state index contributed by atoms with van der Waals surface area (Å²) >= 11 is 0. The maximum atomic E-state index is 11.2. The molecule has 0 radical (unpaired) electrons. The van der Waals surface area contributed by atoms with Gasteiger partial charge in [0.25, 0.3) is 0 Å². The molecule has 0 bridgehead atoms.